The van der Waals surface area contributed by atoms with Crippen molar-refractivity contribution in [3.05, 3.63) is 65.6 Å². The van der Waals surface area contributed by atoms with Crippen molar-refractivity contribution in [2.45, 2.75) is 13.5 Å². The van der Waals surface area contributed by atoms with Crippen molar-refractivity contribution in [3.63, 3.8) is 0 Å². The molecule has 0 aliphatic heterocycles. The van der Waals surface area contributed by atoms with Gasteiger partial charge < -0.3 is 9.88 Å². The summed E-state index contributed by atoms with van der Waals surface area (Å²) >= 11 is 0. The molecule has 0 spiro atoms. The van der Waals surface area contributed by atoms with E-state index in [1.54, 1.807) is 12.1 Å². The van der Waals surface area contributed by atoms with Crippen molar-refractivity contribution >= 4 is 16.6 Å². The number of benzene rings is 2. The molecule has 3 heteroatoms. The molecule has 1 heterocycles. The molecule has 0 unspecified atom stereocenters. The first-order valence-corrected chi connectivity index (χ1v) is 6.68. The van der Waals surface area contributed by atoms with Crippen LogP contribution in [0.1, 0.15) is 11.1 Å². The maximum absolute atomic E-state index is 13.3. The number of hydrogen-bond acceptors (Lipinski definition) is 1. The highest BCUT2D eigenvalue weighted by Crippen LogP contribution is 2.22. The monoisotopic (exact) mass is 268 g/mol. The van der Waals surface area contributed by atoms with Crippen LogP contribution in [-0.4, -0.2) is 4.57 Å². The van der Waals surface area contributed by atoms with Crippen LogP contribution < -0.4 is 5.32 Å². The summed E-state index contributed by atoms with van der Waals surface area (Å²) in [6.45, 7) is 2.66. The molecule has 20 heavy (non-hydrogen) atoms. The predicted molar refractivity (Wildman–Crippen MR) is 81.4 cm³/mol. The largest absolute Gasteiger partial charge is 0.381 e. The minimum Gasteiger partial charge on any atom is -0.381 e. The summed E-state index contributed by atoms with van der Waals surface area (Å²) < 4.78 is 15.4. The van der Waals surface area contributed by atoms with Crippen molar-refractivity contribution < 1.29 is 4.39 Å². The van der Waals surface area contributed by atoms with Crippen molar-refractivity contribution in [2.75, 3.05) is 5.32 Å². The first-order chi connectivity index (χ1) is 9.65. The van der Waals surface area contributed by atoms with E-state index < -0.39 is 0 Å². The van der Waals surface area contributed by atoms with Crippen molar-refractivity contribution in [3.8, 4) is 0 Å². The molecule has 1 aromatic heterocycles. The number of nitrogens with zero attached hydrogens (tertiary/aromatic N) is 1. The van der Waals surface area contributed by atoms with Gasteiger partial charge in [0.15, 0.2) is 0 Å². The summed E-state index contributed by atoms with van der Waals surface area (Å²) in [5.74, 6) is -0.212. The quantitative estimate of drug-likeness (QED) is 0.752. The third-order valence-electron chi connectivity index (χ3n) is 3.65. The van der Waals surface area contributed by atoms with E-state index in [1.165, 1.54) is 22.5 Å². The van der Waals surface area contributed by atoms with Crippen LogP contribution in [0, 0.1) is 12.7 Å². The van der Waals surface area contributed by atoms with Crippen molar-refractivity contribution in [1.29, 1.82) is 0 Å². The van der Waals surface area contributed by atoms with Crippen LogP contribution >= 0.6 is 0 Å². The molecule has 0 saturated heterocycles. The molecule has 2 aromatic carbocycles. The van der Waals surface area contributed by atoms with Gasteiger partial charge in [0, 0.05) is 36.4 Å². The Balaban J connectivity index is 1.89. The van der Waals surface area contributed by atoms with E-state index >= 15 is 0 Å². The maximum Gasteiger partial charge on any atom is 0.125 e. The molecular formula is C17H17FN2. The second kappa shape index (κ2) is 5.00. The topological polar surface area (TPSA) is 17.0 Å². The second-order valence-electron chi connectivity index (χ2n) is 5.10. The summed E-state index contributed by atoms with van der Waals surface area (Å²) in [5, 5.41) is 4.56. The highest BCUT2D eigenvalue weighted by molar-refractivity contribution is 5.84. The molecule has 0 amide bonds. The van der Waals surface area contributed by atoms with E-state index in [4.69, 9.17) is 0 Å². The van der Waals surface area contributed by atoms with Gasteiger partial charge >= 0.3 is 0 Å². The second-order valence-corrected chi connectivity index (χ2v) is 5.10. The van der Waals surface area contributed by atoms with Crippen LogP contribution in [0.5, 0.6) is 0 Å². The van der Waals surface area contributed by atoms with Gasteiger partial charge in [-0.25, -0.2) is 4.39 Å². The van der Waals surface area contributed by atoms with Crippen LogP contribution in [0.2, 0.25) is 0 Å². The average molecular weight is 268 g/mol. The lowest BCUT2D eigenvalue weighted by molar-refractivity contribution is 0.628. The number of halogens is 1. The Bertz CT molecular complexity index is 759. The van der Waals surface area contributed by atoms with Gasteiger partial charge in [-0.05, 0) is 36.2 Å². The number of fused-ring (bicyclic) bond motifs is 1. The van der Waals surface area contributed by atoms with Gasteiger partial charge in [0.25, 0.3) is 0 Å². The molecule has 1 N–H and O–H groups in total. The van der Waals surface area contributed by atoms with Gasteiger partial charge in [-0.15, -0.1) is 0 Å². The van der Waals surface area contributed by atoms with Crippen molar-refractivity contribution in [2.24, 2.45) is 7.05 Å². The Morgan fingerprint density at radius 1 is 1.15 bits per heavy atom. The number of aromatic nitrogens is 1. The zero-order chi connectivity index (χ0) is 14.1. The third kappa shape index (κ3) is 2.27. The highest BCUT2D eigenvalue weighted by atomic mass is 19.1. The Hall–Kier alpha value is -2.29. The zero-order valence-corrected chi connectivity index (χ0v) is 11.7. The number of anilines is 1. The molecule has 0 saturated carbocycles. The van der Waals surface area contributed by atoms with E-state index in [0.717, 1.165) is 11.3 Å². The molecule has 0 bridgehead atoms. The van der Waals surface area contributed by atoms with E-state index in [2.05, 4.69) is 28.2 Å². The summed E-state index contributed by atoms with van der Waals surface area (Å²) in [5.41, 5.74) is 4.32. The molecule has 3 rings (SSSR count). The molecule has 0 aliphatic rings. The van der Waals surface area contributed by atoms with Gasteiger partial charge in [-0.1, -0.05) is 24.3 Å². The lowest BCUT2D eigenvalue weighted by Gasteiger charge is -2.09. The number of hydrogen-bond donors (Lipinski definition) is 1. The summed E-state index contributed by atoms with van der Waals surface area (Å²) in [6.07, 6.45) is 2.12. The van der Waals surface area contributed by atoms with Gasteiger partial charge in [0.2, 0.25) is 0 Å². The van der Waals surface area contributed by atoms with E-state index in [0.29, 0.717) is 6.54 Å². The summed E-state index contributed by atoms with van der Waals surface area (Å²) in [6, 6.07) is 13.1. The van der Waals surface area contributed by atoms with Crippen LogP contribution in [0.3, 0.4) is 0 Å². The lowest BCUT2D eigenvalue weighted by Crippen LogP contribution is -2.01. The SMILES string of the molecule is Cc1ccc(F)cc1NCc1cn(C)c2ccccc12. The van der Waals surface area contributed by atoms with Gasteiger partial charge in [0.05, 0.1) is 0 Å². The minimum absolute atomic E-state index is 0.212. The van der Waals surface area contributed by atoms with E-state index in [-0.39, 0.29) is 5.82 Å². The molecule has 0 atom stereocenters. The maximum atomic E-state index is 13.3. The molecule has 2 nitrogen and oxygen atoms in total. The fourth-order valence-corrected chi connectivity index (χ4v) is 2.54. The number of nitrogens with one attached hydrogen (secondary N) is 1. The fourth-order valence-electron chi connectivity index (χ4n) is 2.54. The van der Waals surface area contributed by atoms with Crippen molar-refractivity contribution in [1.82, 2.24) is 4.57 Å². The Morgan fingerprint density at radius 2 is 1.95 bits per heavy atom. The van der Waals surface area contributed by atoms with Crippen LogP contribution in [0.15, 0.2) is 48.7 Å². The van der Waals surface area contributed by atoms with Gasteiger partial charge in [0.1, 0.15) is 5.82 Å². The Labute approximate surface area is 117 Å². The molecule has 3 aromatic rings. The summed E-state index contributed by atoms with van der Waals surface area (Å²) in [7, 11) is 2.04. The van der Waals surface area contributed by atoms with Crippen LogP contribution in [0.4, 0.5) is 10.1 Å². The van der Waals surface area contributed by atoms with E-state index in [9.17, 15) is 4.39 Å². The van der Waals surface area contributed by atoms with Crippen LogP contribution in [0.25, 0.3) is 10.9 Å². The predicted octanol–water partition coefficient (Wildman–Crippen LogP) is 4.24. The molecule has 0 radical (unpaired) electrons. The van der Waals surface area contributed by atoms with Gasteiger partial charge in [-0.2, -0.15) is 0 Å². The standard InChI is InChI=1S/C17H17FN2/c1-12-7-8-14(18)9-16(12)19-10-13-11-20(2)17-6-4-3-5-15(13)17/h3-9,11,19H,10H2,1-2H3. The third-order valence-corrected chi connectivity index (χ3v) is 3.65. The smallest absolute Gasteiger partial charge is 0.125 e. The molecule has 0 aliphatic carbocycles. The fraction of sp³-hybridized carbons (Fsp3) is 0.176. The Morgan fingerprint density at radius 3 is 2.80 bits per heavy atom. The Kier molecular flexibility index (Phi) is 3.18. The average Bonchev–Trinajstić information content (AvgIpc) is 2.77. The lowest BCUT2D eigenvalue weighted by atomic mass is 10.1. The molecule has 0 fully saturated rings. The first-order valence-electron chi connectivity index (χ1n) is 6.68. The van der Waals surface area contributed by atoms with Gasteiger partial charge in [-0.3, -0.25) is 0 Å². The normalized spacial score (nSPS) is 10.9. The minimum atomic E-state index is -0.212. The van der Waals surface area contributed by atoms with Crippen LogP contribution in [-0.2, 0) is 13.6 Å². The highest BCUT2D eigenvalue weighted by Gasteiger charge is 2.06. The summed E-state index contributed by atoms with van der Waals surface area (Å²) in [4.78, 5) is 0. The number of para-hydroxylation sites is 1. The zero-order valence-electron chi connectivity index (χ0n) is 11.7. The number of aryl methyl sites for hydroxylation is 2. The molecule has 102 valence electrons. The number of rotatable bonds is 3. The first kappa shape index (κ1) is 12.7. The molecular weight excluding hydrogens is 251 g/mol. The van der Waals surface area contributed by atoms with E-state index in [1.807, 2.05) is 26.1 Å².